The third-order valence-corrected chi connectivity index (χ3v) is 4.45. The molecule has 1 unspecified atom stereocenters. The predicted molar refractivity (Wildman–Crippen MR) is 81.6 cm³/mol. The SMILES string of the molecule is CC1(C)CCCCC1NC(=O)c1cc(Cl)ccc1[N+](=O)[O-]. The van der Waals surface area contributed by atoms with E-state index in [0.717, 1.165) is 25.7 Å². The maximum absolute atomic E-state index is 12.4. The second kappa shape index (κ2) is 6.02. The van der Waals surface area contributed by atoms with Gasteiger partial charge in [0.25, 0.3) is 11.6 Å². The Balaban J connectivity index is 2.24. The Morgan fingerprint density at radius 1 is 1.43 bits per heavy atom. The number of nitrogens with zero attached hydrogens (tertiary/aromatic N) is 1. The quantitative estimate of drug-likeness (QED) is 0.678. The average Bonchev–Trinajstić information content (AvgIpc) is 2.40. The van der Waals surface area contributed by atoms with E-state index in [0.29, 0.717) is 5.02 Å². The zero-order valence-electron chi connectivity index (χ0n) is 12.2. The van der Waals surface area contributed by atoms with Crippen LogP contribution in [0.5, 0.6) is 0 Å². The summed E-state index contributed by atoms with van der Waals surface area (Å²) in [6.45, 7) is 4.23. The summed E-state index contributed by atoms with van der Waals surface area (Å²) in [5.41, 5.74) is -0.194. The first-order valence-corrected chi connectivity index (χ1v) is 7.44. The lowest BCUT2D eigenvalue weighted by molar-refractivity contribution is -0.385. The molecule has 21 heavy (non-hydrogen) atoms. The van der Waals surface area contributed by atoms with E-state index in [-0.39, 0.29) is 22.7 Å². The van der Waals surface area contributed by atoms with Crippen LogP contribution in [-0.2, 0) is 0 Å². The topological polar surface area (TPSA) is 72.2 Å². The Bertz CT molecular complexity index is 572. The summed E-state index contributed by atoms with van der Waals surface area (Å²) in [7, 11) is 0. The minimum atomic E-state index is -0.558. The maximum Gasteiger partial charge on any atom is 0.282 e. The normalized spacial score (nSPS) is 20.8. The zero-order chi connectivity index (χ0) is 15.6. The van der Waals surface area contributed by atoms with Gasteiger partial charge in [0.15, 0.2) is 0 Å². The molecule has 0 aliphatic heterocycles. The maximum atomic E-state index is 12.4. The number of nitro benzene ring substituents is 1. The molecule has 0 heterocycles. The molecular weight excluding hydrogens is 292 g/mol. The van der Waals surface area contributed by atoms with Crippen molar-refractivity contribution in [2.75, 3.05) is 0 Å². The Morgan fingerprint density at radius 3 is 2.76 bits per heavy atom. The fourth-order valence-electron chi connectivity index (χ4n) is 2.85. The summed E-state index contributed by atoms with van der Waals surface area (Å²) in [4.78, 5) is 22.9. The van der Waals surface area contributed by atoms with Crippen molar-refractivity contribution >= 4 is 23.2 Å². The van der Waals surface area contributed by atoms with Gasteiger partial charge in [0.1, 0.15) is 5.56 Å². The molecule has 0 saturated heterocycles. The number of carbonyl (C=O) groups excluding carboxylic acids is 1. The zero-order valence-corrected chi connectivity index (χ0v) is 12.9. The Kier molecular flexibility index (Phi) is 4.52. The summed E-state index contributed by atoms with van der Waals surface area (Å²) < 4.78 is 0. The van der Waals surface area contributed by atoms with E-state index in [1.165, 1.54) is 18.2 Å². The minimum Gasteiger partial charge on any atom is -0.349 e. The Labute approximate surface area is 128 Å². The van der Waals surface area contributed by atoms with Crippen LogP contribution in [0, 0.1) is 15.5 Å². The van der Waals surface area contributed by atoms with E-state index >= 15 is 0 Å². The van der Waals surface area contributed by atoms with Crippen molar-refractivity contribution < 1.29 is 9.72 Å². The van der Waals surface area contributed by atoms with Crippen LogP contribution in [0.2, 0.25) is 5.02 Å². The third-order valence-electron chi connectivity index (χ3n) is 4.21. The van der Waals surface area contributed by atoms with E-state index in [1.54, 1.807) is 0 Å². The molecule has 1 aliphatic carbocycles. The predicted octanol–water partition coefficient (Wildman–Crippen LogP) is 3.95. The molecule has 1 N–H and O–H groups in total. The van der Waals surface area contributed by atoms with Crippen LogP contribution in [-0.4, -0.2) is 16.9 Å². The van der Waals surface area contributed by atoms with Gasteiger partial charge in [0.2, 0.25) is 0 Å². The summed E-state index contributed by atoms with van der Waals surface area (Å²) in [6.07, 6.45) is 4.14. The first-order valence-electron chi connectivity index (χ1n) is 7.06. The Hall–Kier alpha value is -1.62. The van der Waals surface area contributed by atoms with Gasteiger partial charge in [-0.15, -0.1) is 0 Å². The number of hydrogen-bond donors (Lipinski definition) is 1. The smallest absolute Gasteiger partial charge is 0.282 e. The molecule has 1 atom stereocenters. The van der Waals surface area contributed by atoms with E-state index in [1.807, 2.05) is 0 Å². The van der Waals surface area contributed by atoms with Crippen LogP contribution in [0.25, 0.3) is 0 Å². The van der Waals surface area contributed by atoms with E-state index in [4.69, 9.17) is 11.6 Å². The highest BCUT2D eigenvalue weighted by Gasteiger charge is 2.34. The number of rotatable bonds is 3. The second-order valence-corrected chi connectivity index (χ2v) is 6.62. The number of amides is 1. The van der Waals surface area contributed by atoms with Gasteiger partial charge in [-0.1, -0.05) is 38.3 Å². The van der Waals surface area contributed by atoms with Crippen LogP contribution in [0.4, 0.5) is 5.69 Å². The average molecular weight is 311 g/mol. The largest absolute Gasteiger partial charge is 0.349 e. The molecule has 0 spiro atoms. The van der Waals surface area contributed by atoms with Gasteiger partial charge in [-0.2, -0.15) is 0 Å². The van der Waals surface area contributed by atoms with Gasteiger partial charge in [0.05, 0.1) is 4.92 Å². The highest BCUT2D eigenvalue weighted by atomic mass is 35.5. The van der Waals surface area contributed by atoms with E-state index in [2.05, 4.69) is 19.2 Å². The summed E-state index contributed by atoms with van der Waals surface area (Å²) in [5.74, 6) is -0.427. The molecule has 0 radical (unpaired) electrons. The minimum absolute atomic E-state index is 0.00125. The molecule has 2 rings (SSSR count). The lowest BCUT2D eigenvalue weighted by Crippen LogP contribution is -2.46. The molecule has 1 aliphatic rings. The highest BCUT2D eigenvalue weighted by molar-refractivity contribution is 6.31. The van der Waals surface area contributed by atoms with Crippen LogP contribution in [0.1, 0.15) is 49.9 Å². The lowest BCUT2D eigenvalue weighted by Gasteiger charge is -2.39. The standard InChI is InChI=1S/C15H19ClN2O3/c1-15(2)8-4-3-5-13(15)17-14(19)11-9-10(16)6-7-12(11)18(20)21/h6-7,9,13H,3-5,8H2,1-2H3,(H,17,19). The van der Waals surface area contributed by atoms with Gasteiger partial charge >= 0.3 is 0 Å². The van der Waals surface area contributed by atoms with Gasteiger partial charge < -0.3 is 5.32 Å². The van der Waals surface area contributed by atoms with Crippen molar-refractivity contribution in [3.63, 3.8) is 0 Å². The highest BCUT2D eigenvalue weighted by Crippen LogP contribution is 2.35. The van der Waals surface area contributed by atoms with E-state index < -0.39 is 10.8 Å². The van der Waals surface area contributed by atoms with Crippen molar-refractivity contribution in [2.45, 2.75) is 45.6 Å². The number of halogens is 1. The number of nitro groups is 1. The number of carbonyl (C=O) groups is 1. The molecule has 1 saturated carbocycles. The van der Waals surface area contributed by atoms with Crippen molar-refractivity contribution in [3.8, 4) is 0 Å². The summed E-state index contributed by atoms with van der Waals surface area (Å²) in [5, 5.41) is 14.3. The number of hydrogen-bond acceptors (Lipinski definition) is 3. The van der Waals surface area contributed by atoms with Crippen molar-refractivity contribution in [1.29, 1.82) is 0 Å². The molecule has 5 nitrogen and oxygen atoms in total. The molecule has 114 valence electrons. The fourth-order valence-corrected chi connectivity index (χ4v) is 3.02. The van der Waals surface area contributed by atoms with Crippen LogP contribution in [0.3, 0.4) is 0 Å². The van der Waals surface area contributed by atoms with E-state index in [9.17, 15) is 14.9 Å². The Morgan fingerprint density at radius 2 is 2.14 bits per heavy atom. The number of benzene rings is 1. The molecule has 0 aromatic heterocycles. The summed E-state index contributed by atoms with van der Waals surface area (Å²) >= 11 is 5.86. The fraction of sp³-hybridized carbons (Fsp3) is 0.533. The number of nitrogens with one attached hydrogen (secondary N) is 1. The molecule has 1 fully saturated rings. The van der Waals surface area contributed by atoms with Gasteiger partial charge in [-0.3, -0.25) is 14.9 Å². The molecule has 1 amide bonds. The first-order chi connectivity index (χ1) is 9.81. The van der Waals surface area contributed by atoms with Crippen LogP contribution >= 0.6 is 11.6 Å². The summed E-state index contributed by atoms with van der Waals surface area (Å²) in [6, 6.07) is 4.06. The molecule has 6 heteroatoms. The first kappa shape index (κ1) is 15.8. The van der Waals surface area contributed by atoms with Crippen molar-refractivity contribution in [3.05, 3.63) is 38.9 Å². The van der Waals surface area contributed by atoms with Gasteiger partial charge in [-0.25, -0.2) is 0 Å². The van der Waals surface area contributed by atoms with Crippen molar-refractivity contribution in [1.82, 2.24) is 5.32 Å². The molecule has 0 bridgehead atoms. The lowest BCUT2D eigenvalue weighted by atomic mass is 9.73. The molecule has 1 aromatic rings. The molecular formula is C15H19ClN2O3. The monoisotopic (exact) mass is 310 g/mol. The molecule has 1 aromatic carbocycles. The van der Waals surface area contributed by atoms with Crippen molar-refractivity contribution in [2.24, 2.45) is 5.41 Å². The van der Waals surface area contributed by atoms with Crippen LogP contribution < -0.4 is 5.32 Å². The second-order valence-electron chi connectivity index (χ2n) is 6.18. The third kappa shape index (κ3) is 3.53. The van der Waals surface area contributed by atoms with Crippen LogP contribution in [0.15, 0.2) is 18.2 Å². The van der Waals surface area contributed by atoms with Gasteiger partial charge in [-0.05, 0) is 30.4 Å². The van der Waals surface area contributed by atoms with Gasteiger partial charge in [0, 0.05) is 17.1 Å².